The van der Waals surface area contributed by atoms with Crippen molar-refractivity contribution in [2.24, 2.45) is 0 Å². The molecular weight excluding hydrogens is 311 g/mol. The van der Waals surface area contributed by atoms with Crippen LogP contribution in [-0.2, 0) is 9.84 Å². The molecule has 1 fully saturated rings. The quantitative estimate of drug-likeness (QED) is 0.922. The van der Waals surface area contributed by atoms with Crippen molar-refractivity contribution in [3.63, 3.8) is 0 Å². The SMILES string of the molecule is O=C(N[C@H]1CCS(=O)(=O)C1)c1cc(-c2cccc(F)c2)no1. The number of amides is 1. The lowest BCUT2D eigenvalue weighted by Crippen LogP contribution is -2.35. The molecule has 1 N–H and O–H groups in total. The van der Waals surface area contributed by atoms with E-state index in [-0.39, 0.29) is 17.3 Å². The number of sulfone groups is 1. The molecule has 1 saturated heterocycles. The minimum atomic E-state index is -3.07. The van der Waals surface area contributed by atoms with Crippen LogP contribution in [0.3, 0.4) is 0 Å². The smallest absolute Gasteiger partial charge is 0.290 e. The van der Waals surface area contributed by atoms with E-state index in [4.69, 9.17) is 4.52 Å². The fraction of sp³-hybridized carbons (Fsp3) is 0.286. The average Bonchev–Trinajstić information content (AvgIpc) is 3.06. The summed E-state index contributed by atoms with van der Waals surface area (Å²) in [5.41, 5.74) is 0.829. The van der Waals surface area contributed by atoms with Crippen molar-refractivity contribution in [2.45, 2.75) is 12.5 Å². The summed E-state index contributed by atoms with van der Waals surface area (Å²) in [5, 5.41) is 6.33. The molecule has 0 bridgehead atoms. The van der Waals surface area contributed by atoms with E-state index in [2.05, 4.69) is 10.5 Å². The molecule has 1 aliphatic heterocycles. The van der Waals surface area contributed by atoms with Crippen LogP contribution in [0, 0.1) is 5.82 Å². The maximum Gasteiger partial charge on any atom is 0.290 e. The highest BCUT2D eigenvalue weighted by Gasteiger charge is 2.30. The van der Waals surface area contributed by atoms with Crippen molar-refractivity contribution >= 4 is 15.7 Å². The number of carbonyl (C=O) groups excluding carboxylic acids is 1. The van der Waals surface area contributed by atoms with Crippen molar-refractivity contribution in [3.8, 4) is 11.3 Å². The molecule has 2 heterocycles. The van der Waals surface area contributed by atoms with Gasteiger partial charge in [-0.1, -0.05) is 17.3 Å². The Morgan fingerprint density at radius 1 is 1.36 bits per heavy atom. The van der Waals surface area contributed by atoms with Gasteiger partial charge in [0.15, 0.2) is 9.84 Å². The van der Waals surface area contributed by atoms with Crippen molar-refractivity contribution in [1.82, 2.24) is 10.5 Å². The Morgan fingerprint density at radius 3 is 2.86 bits per heavy atom. The number of halogens is 1. The molecule has 0 unspecified atom stereocenters. The molecule has 6 nitrogen and oxygen atoms in total. The molecule has 8 heteroatoms. The third-order valence-corrected chi connectivity index (χ3v) is 5.19. The van der Waals surface area contributed by atoms with Gasteiger partial charge in [0.05, 0.1) is 11.5 Å². The van der Waals surface area contributed by atoms with Crippen LogP contribution < -0.4 is 5.32 Å². The molecule has 22 heavy (non-hydrogen) atoms. The highest BCUT2D eigenvalue weighted by molar-refractivity contribution is 7.91. The fourth-order valence-electron chi connectivity index (χ4n) is 2.33. The molecule has 1 aromatic carbocycles. The number of hydrogen-bond acceptors (Lipinski definition) is 5. The summed E-state index contributed by atoms with van der Waals surface area (Å²) in [6.07, 6.45) is 0.388. The Labute approximate surface area is 126 Å². The van der Waals surface area contributed by atoms with E-state index in [9.17, 15) is 17.6 Å². The van der Waals surface area contributed by atoms with Gasteiger partial charge < -0.3 is 9.84 Å². The van der Waals surface area contributed by atoms with Crippen LogP contribution in [-0.4, -0.2) is 37.0 Å². The molecule has 116 valence electrons. The predicted molar refractivity (Wildman–Crippen MR) is 76.4 cm³/mol. The maximum atomic E-state index is 13.2. The lowest BCUT2D eigenvalue weighted by Gasteiger charge is -2.07. The number of rotatable bonds is 3. The summed E-state index contributed by atoms with van der Waals surface area (Å²) in [6.45, 7) is 0. The van der Waals surface area contributed by atoms with E-state index in [1.54, 1.807) is 6.07 Å². The molecule has 1 atom stereocenters. The zero-order chi connectivity index (χ0) is 15.7. The molecular formula is C14H13FN2O4S. The van der Waals surface area contributed by atoms with Crippen LogP contribution in [0.1, 0.15) is 17.0 Å². The second-order valence-electron chi connectivity index (χ2n) is 5.16. The first-order chi connectivity index (χ1) is 10.4. The molecule has 2 aromatic rings. The number of nitrogens with one attached hydrogen (secondary N) is 1. The Balaban J connectivity index is 1.72. The number of hydrogen-bond donors (Lipinski definition) is 1. The van der Waals surface area contributed by atoms with E-state index in [0.29, 0.717) is 17.7 Å². The van der Waals surface area contributed by atoms with Crippen LogP contribution in [0.2, 0.25) is 0 Å². The monoisotopic (exact) mass is 324 g/mol. The number of aromatic nitrogens is 1. The summed E-state index contributed by atoms with van der Waals surface area (Å²) in [7, 11) is -3.07. The minimum Gasteiger partial charge on any atom is -0.350 e. The Hall–Kier alpha value is -2.22. The Morgan fingerprint density at radius 2 is 2.18 bits per heavy atom. The van der Waals surface area contributed by atoms with Gasteiger partial charge in [0.1, 0.15) is 11.5 Å². The minimum absolute atomic E-state index is 0.0384. The average molecular weight is 324 g/mol. The summed E-state index contributed by atoms with van der Waals surface area (Å²) in [6, 6.07) is 6.74. The molecule has 1 aliphatic rings. The molecule has 1 amide bonds. The van der Waals surface area contributed by atoms with Gasteiger partial charge >= 0.3 is 0 Å². The predicted octanol–water partition coefficient (Wildman–Crippen LogP) is 1.40. The van der Waals surface area contributed by atoms with Gasteiger partial charge in [-0.15, -0.1) is 0 Å². The lowest BCUT2D eigenvalue weighted by molar-refractivity contribution is 0.0904. The molecule has 0 saturated carbocycles. The Kier molecular flexibility index (Phi) is 3.69. The normalized spacial score (nSPS) is 20.0. The highest BCUT2D eigenvalue weighted by Crippen LogP contribution is 2.20. The maximum absolute atomic E-state index is 13.2. The molecule has 0 spiro atoms. The van der Waals surface area contributed by atoms with Gasteiger partial charge in [0.2, 0.25) is 5.76 Å². The molecule has 0 radical (unpaired) electrons. The van der Waals surface area contributed by atoms with Gasteiger partial charge in [-0.3, -0.25) is 4.79 Å². The number of nitrogens with zero attached hydrogens (tertiary/aromatic N) is 1. The number of benzene rings is 1. The standard InChI is InChI=1S/C14H13FN2O4S/c15-10-3-1-2-9(6-10)12-7-13(21-17-12)14(18)16-11-4-5-22(19,20)8-11/h1-3,6-7,11H,4-5,8H2,(H,16,18)/t11-/m0/s1. The third kappa shape index (κ3) is 3.16. The fourth-order valence-corrected chi connectivity index (χ4v) is 4.00. The lowest BCUT2D eigenvalue weighted by atomic mass is 10.1. The molecule has 0 aliphatic carbocycles. The molecule has 1 aromatic heterocycles. The first kappa shape index (κ1) is 14.7. The summed E-state index contributed by atoms with van der Waals surface area (Å²) < 4.78 is 40.8. The van der Waals surface area contributed by atoms with Gasteiger partial charge in [-0.05, 0) is 18.6 Å². The van der Waals surface area contributed by atoms with Gasteiger partial charge in [-0.2, -0.15) is 0 Å². The van der Waals surface area contributed by atoms with Crippen LogP contribution in [0.5, 0.6) is 0 Å². The van der Waals surface area contributed by atoms with E-state index in [1.165, 1.54) is 24.3 Å². The summed E-state index contributed by atoms with van der Waals surface area (Å²) in [4.78, 5) is 12.0. The van der Waals surface area contributed by atoms with Crippen LogP contribution in [0.15, 0.2) is 34.9 Å². The van der Waals surface area contributed by atoms with Crippen LogP contribution >= 0.6 is 0 Å². The zero-order valence-corrected chi connectivity index (χ0v) is 12.3. The van der Waals surface area contributed by atoms with Crippen LogP contribution in [0.25, 0.3) is 11.3 Å². The van der Waals surface area contributed by atoms with Crippen molar-refractivity contribution < 1.29 is 22.1 Å². The van der Waals surface area contributed by atoms with E-state index in [0.717, 1.165) is 0 Å². The van der Waals surface area contributed by atoms with Crippen molar-refractivity contribution in [3.05, 3.63) is 41.9 Å². The highest BCUT2D eigenvalue weighted by atomic mass is 32.2. The second-order valence-corrected chi connectivity index (χ2v) is 7.39. The third-order valence-electron chi connectivity index (χ3n) is 3.42. The zero-order valence-electron chi connectivity index (χ0n) is 11.5. The number of carbonyl (C=O) groups is 1. The van der Waals surface area contributed by atoms with Crippen molar-refractivity contribution in [1.29, 1.82) is 0 Å². The van der Waals surface area contributed by atoms with E-state index in [1.807, 2.05) is 0 Å². The topological polar surface area (TPSA) is 89.3 Å². The summed E-state index contributed by atoms with van der Waals surface area (Å²) >= 11 is 0. The second kappa shape index (κ2) is 5.53. The van der Waals surface area contributed by atoms with Crippen molar-refractivity contribution in [2.75, 3.05) is 11.5 Å². The van der Waals surface area contributed by atoms with E-state index < -0.39 is 27.6 Å². The first-order valence-electron chi connectivity index (χ1n) is 6.67. The largest absolute Gasteiger partial charge is 0.350 e. The molecule has 3 rings (SSSR count). The first-order valence-corrected chi connectivity index (χ1v) is 8.49. The van der Waals surface area contributed by atoms with Crippen LogP contribution in [0.4, 0.5) is 4.39 Å². The van der Waals surface area contributed by atoms with E-state index >= 15 is 0 Å². The van der Waals surface area contributed by atoms with Gasteiger partial charge in [-0.25, -0.2) is 12.8 Å². The summed E-state index contributed by atoms with van der Waals surface area (Å²) in [5.74, 6) is -0.976. The van der Waals surface area contributed by atoms with Gasteiger partial charge in [0.25, 0.3) is 5.91 Å². The Bertz CT molecular complexity index is 816. The van der Waals surface area contributed by atoms with Gasteiger partial charge in [0, 0.05) is 17.7 Å².